The molecule has 0 spiro atoms. The Morgan fingerprint density at radius 3 is 2.95 bits per heavy atom. The lowest BCUT2D eigenvalue weighted by Gasteiger charge is -2.40. The Hall–Kier alpha value is -2.20. The lowest BCUT2D eigenvalue weighted by Crippen LogP contribution is -2.47. The molecule has 1 N–H and O–H groups in total. The van der Waals surface area contributed by atoms with Gasteiger partial charge in [0.1, 0.15) is 10.8 Å². The van der Waals surface area contributed by atoms with E-state index in [1.165, 1.54) is 11.5 Å². The minimum absolute atomic E-state index is 0.602. The number of nitrogens with one attached hydrogen (secondary N) is 1. The zero-order chi connectivity index (χ0) is 15.5. The molecule has 0 unspecified atom stereocenters. The van der Waals surface area contributed by atoms with Crippen LogP contribution in [-0.4, -0.2) is 27.4 Å². The van der Waals surface area contributed by atoms with Gasteiger partial charge < -0.3 is 10.2 Å². The molecule has 22 heavy (non-hydrogen) atoms. The molecule has 7 heteroatoms. The molecular formula is C15H18N6S. The summed E-state index contributed by atoms with van der Waals surface area (Å²) in [6.45, 7) is 5.93. The standard InChI is InChI=1S/C15H18N6S/c1-10-7-17-15(18-13-6-11(2)20-22-13)19-14(10)21-8-12(9-21)4-3-5-16/h6-7,12H,3-4,8-9H2,1-2H3,(H,17,18,19). The van der Waals surface area contributed by atoms with Crippen LogP contribution in [0.25, 0.3) is 0 Å². The fraction of sp³-hybridized carbons (Fsp3) is 0.467. The number of aromatic nitrogens is 3. The molecule has 0 aromatic carbocycles. The molecule has 1 aliphatic heterocycles. The highest BCUT2D eigenvalue weighted by Gasteiger charge is 2.28. The van der Waals surface area contributed by atoms with Crippen LogP contribution < -0.4 is 10.2 Å². The molecule has 2 aromatic rings. The van der Waals surface area contributed by atoms with Gasteiger partial charge in [-0.3, -0.25) is 0 Å². The van der Waals surface area contributed by atoms with Crippen LogP contribution in [0, 0.1) is 31.1 Å². The van der Waals surface area contributed by atoms with Crippen molar-refractivity contribution in [3.05, 3.63) is 23.5 Å². The van der Waals surface area contributed by atoms with Crippen LogP contribution in [0.4, 0.5) is 16.8 Å². The van der Waals surface area contributed by atoms with Gasteiger partial charge in [-0.05, 0) is 43.8 Å². The molecule has 1 fully saturated rings. The zero-order valence-electron chi connectivity index (χ0n) is 12.7. The van der Waals surface area contributed by atoms with Gasteiger partial charge in [-0.2, -0.15) is 14.6 Å². The third-order valence-corrected chi connectivity index (χ3v) is 4.52. The van der Waals surface area contributed by atoms with Crippen LogP contribution in [0.1, 0.15) is 24.1 Å². The van der Waals surface area contributed by atoms with E-state index in [0.29, 0.717) is 18.3 Å². The van der Waals surface area contributed by atoms with Crippen molar-refractivity contribution in [1.29, 1.82) is 5.26 Å². The van der Waals surface area contributed by atoms with Crippen LogP contribution in [0.5, 0.6) is 0 Å². The highest BCUT2D eigenvalue weighted by molar-refractivity contribution is 7.10. The van der Waals surface area contributed by atoms with Gasteiger partial charge in [0.15, 0.2) is 0 Å². The Morgan fingerprint density at radius 1 is 1.45 bits per heavy atom. The highest BCUT2D eigenvalue weighted by atomic mass is 32.1. The summed E-state index contributed by atoms with van der Waals surface area (Å²) in [6, 6.07) is 4.19. The van der Waals surface area contributed by atoms with Gasteiger partial charge in [0.2, 0.25) is 5.95 Å². The molecule has 3 rings (SSSR count). The van der Waals surface area contributed by atoms with Crippen molar-refractivity contribution in [3.63, 3.8) is 0 Å². The molecule has 114 valence electrons. The SMILES string of the molecule is Cc1cc(Nc2ncc(C)c(N3CC(CCC#N)C3)n2)sn1. The summed E-state index contributed by atoms with van der Waals surface area (Å²) in [4.78, 5) is 11.2. The zero-order valence-corrected chi connectivity index (χ0v) is 13.5. The van der Waals surface area contributed by atoms with Crippen LogP contribution in [-0.2, 0) is 0 Å². The fourth-order valence-corrected chi connectivity index (χ4v) is 3.20. The first-order valence-corrected chi connectivity index (χ1v) is 8.09. The summed E-state index contributed by atoms with van der Waals surface area (Å²) in [7, 11) is 0. The molecule has 0 radical (unpaired) electrons. The Labute approximate surface area is 134 Å². The van der Waals surface area contributed by atoms with E-state index in [4.69, 9.17) is 5.26 Å². The smallest absolute Gasteiger partial charge is 0.229 e. The Balaban J connectivity index is 1.67. The molecule has 0 aliphatic carbocycles. The predicted octanol–water partition coefficient (Wildman–Crippen LogP) is 3.03. The second kappa shape index (κ2) is 6.28. The van der Waals surface area contributed by atoms with E-state index >= 15 is 0 Å². The van der Waals surface area contributed by atoms with Gasteiger partial charge in [0.25, 0.3) is 0 Å². The quantitative estimate of drug-likeness (QED) is 0.914. The monoisotopic (exact) mass is 314 g/mol. The van der Waals surface area contributed by atoms with Crippen molar-refractivity contribution in [2.24, 2.45) is 5.92 Å². The molecule has 1 aliphatic rings. The predicted molar refractivity (Wildman–Crippen MR) is 87.5 cm³/mol. The first-order valence-electron chi connectivity index (χ1n) is 7.31. The number of anilines is 3. The number of nitrogens with zero attached hydrogens (tertiary/aromatic N) is 5. The topological polar surface area (TPSA) is 77.7 Å². The Morgan fingerprint density at radius 2 is 2.27 bits per heavy atom. The van der Waals surface area contributed by atoms with Crippen molar-refractivity contribution >= 4 is 28.3 Å². The fourth-order valence-electron chi connectivity index (χ4n) is 2.54. The lowest BCUT2D eigenvalue weighted by molar-refractivity contribution is 0.385. The molecule has 0 atom stereocenters. The third kappa shape index (κ3) is 3.17. The number of hydrogen-bond acceptors (Lipinski definition) is 7. The molecule has 0 amide bonds. The average molecular weight is 314 g/mol. The molecule has 1 saturated heterocycles. The second-order valence-electron chi connectivity index (χ2n) is 5.63. The van der Waals surface area contributed by atoms with Gasteiger partial charge >= 0.3 is 0 Å². The maximum atomic E-state index is 8.64. The molecule has 6 nitrogen and oxygen atoms in total. The maximum absolute atomic E-state index is 8.64. The van der Waals surface area contributed by atoms with Gasteiger partial charge in [-0.25, -0.2) is 4.98 Å². The van der Waals surface area contributed by atoms with E-state index in [-0.39, 0.29) is 0 Å². The first kappa shape index (κ1) is 14.7. The van der Waals surface area contributed by atoms with Crippen molar-refractivity contribution in [2.75, 3.05) is 23.3 Å². The van der Waals surface area contributed by atoms with Gasteiger partial charge in [0.05, 0.1) is 11.8 Å². The van der Waals surface area contributed by atoms with Gasteiger partial charge in [-0.1, -0.05) is 0 Å². The van der Waals surface area contributed by atoms with E-state index in [0.717, 1.165) is 41.6 Å². The van der Waals surface area contributed by atoms with Crippen LogP contribution in [0.3, 0.4) is 0 Å². The molecule has 0 bridgehead atoms. The normalized spacial score (nSPS) is 14.5. The van der Waals surface area contributed by atoms with E-state index in [1.54, 1.807) is 0 Å². The van der Waals surface area contributed by atoms with E-state index < -0.39 is 0 Å². The maximum Gasteiger partial charge on any atom is 0.229 e. The van der Waals surface area contributed by atoms with E-state index in [2.05, 4.69) is 30.6 Å². The Bertz CT molecular complexity index is 698. The average Bonchev–Trinajstić information content (AvgIpc) is 2.86. The summed E-state index contributed by atoms with van der Waals surface area (Å²) >= 11 is 1.41. The van der Waals surface area contributed by atoms with Crippen molar-refractivity contribution in [1.82, 2.24) is 14.3 Å². The third-order valence-electron chi connectivity index (χ3n) is 3.73. The van der Waals surface area contributed by atoms with Crippen molar-refractivity contribution in [2.45, 2.75) is 26.7 Å². The minimum Gasteiger partial charge on any atom is -0.356 e. The summed E-state index contributed by atoms with van der Waals surface area (Å²) in [6.07, 6.45) is 3.46. The van der Waals surface area contributed by atoms with E-state index in [1.807, 2.05) is 26.1 Å². The summed E-state index contributed by atoms with van der Waals surface area (Å²) in [5.74, 6) is 2.19. The summed E-state index contributed by atoms with van der Waals surface area (Å²) in [5, 5.41) is 12.8. The van der Waals surface area contributed by atoms with Crippen molar-refractivity contribution in [3.8, 4) is 6.07 Å². The second-order valence-corrected chi connectivity index (χ2v) is 6.43. The minimum atomic E-state index is 0.602. The Kier molecular flexibility index (Phi) is 4.20. The van der Waals surface area contributed by atoms with Crippen molar-refractivity contribution < 1.29 is 0 Å². The largest absolute Gasteiger partial charge is 0.356 e. The van der Waals surface area contributed by atoms with Crippen LogP contribution >= 0.6 is 11.5 Å². The summed E-state index contributed by atoms with van der Waals surface area (Å²) in [5.41, 5.74) is 2.06. The molecular weight excluding hydrogens is 296 g/mol. The van der Waals surface area contributed by atoms with Crippen LogP contribution in [0.15, 0.2) is 12.3 Å². The lowest BCUT2D eigenvalue weighted by atomic mass is 9.95. The van der Waals surface area contributed by atoms with Gasteiger partial charge in [-0.15, -0.1) is 0 Å². The number of nitriles is 1. The number of hydrogen-bond donors (Lipinski definition) is 1. The highest BCUT2D eigenvalue weighted by Crippen LogP contribution is 2.29. The number of aryl methyl sites for hydroxylation is 2. The van der Waals surface area contributed by atoms with Crippen LogP contribution in [0.2, 0.25) is 0 Å². The first-order chi connectivity index (χ1) is 10.7. The molecule has 3 heterocycles. The molecule has 2 aromatic heterocycles. The van der Waals surface area contributed by atoms with E-state index in [9.17, 15) is 0 Å². The summed E-state index contributed by atoms with van der Waals surface area (Å²) < 4.78 is 4.24. The number of rotatable bonds is 5. The van der Waals surface area contributed by atoms with Gasteiger partial charge in [0, 0.05) is 31.3 Å². The molecule has 0 saturated carbocycles.